The zero-order chi connectivity index (χ0) is 17.1. The Balaban J connectivity index is 1.81. The van der Waals surface area contributed by atoms with Gasteiger partial charge in [0.15, 0.2) is 5.16 Å². The Morgan fingerprint density at radius 3 is 2.62 bits per heavy atom. The number of hydrogen-bond acceptors (Lipinski definition) is 5. The van der Waals surface area contributed by atoms with Crippen LogP contribution < -0.4 is 0 Å². The topological polar surface area (TPSA) is 60.2 Å². The Morgan fingerprint density at radius 2 is 1.92 bits per heavy atom. The molecule has 1 aromatic heterocycles. The quantitative estimate of drug-likeness (QED) is 0.795. The molecule has 3 rings (SSSR count). The minimum absolute atomic E-state index is 0.125. The SMILES string of the molecule is Cc1ccccc1-n1c(C)nnc1SC(C)C(=O)N1CCOCC1. The monoisotopic (exact) mass is 346 g/mol. The number of para-hydroxylation sites is 1. The molecule has 0 radical (unpaired) electrons. The van der Waals surface area contributed by atoms with Gasteiger partial charge in [0.25, 0.3) is 0 Å². The van der Waals surface area contributed by atoms with E-state index in [9.17, 15) is 4.79 Å². The first-order valence-electron chi connectivity index (χ1n) is 8.09. The number of benzene rings is 1. The van der Waals surface area contributed by atoms with Crippen molar-refractivity contribution >= 4 is 17.7 Å². The van der Waals surface area contributed by atoms with E-state index in [4.69, 9.17) is 4.74 Å². The maximum atomic E-state index is 12.6. The number of aromatic nitrogens is 3. The first-order valence-corrected chi connectivity index (χ1v) is 8.97. The Labute approximate surface area is 146 Å². The minimum atomic E-state index is -0.213. The van der Waals surface area contributed by atoms with Crippen LogP contribution >= 0.6 is 11.8 Å². The van der Waals surface area contributed by atoms with Crippen molar-refractivity contribution in [1.29, 1.82) is 0 Å². The Hall–Kier alpha value is -1.86. The van der Waals surface area contributed by atoms with Crippen molar-refractivity contribution in [1.82, 2.24) is 19.7 Å². The summed E-state index contributed by atoms with van der Waals surface area (Å²) in [5.41, 5.74) is 2.20. The second kappa shape index (κ2) is 7.36. The number of amides is 1. The highest BCUT2D eigenvalue weighted by molar-refractivity contribution is 8.00. The lowest BCUT2D eigenvalue weighted by Gasteiger charge is -2.28. The molecule has 1 aliphatic heterocycles. The molecule has 1 aromatic carbocycles. The van der Waals surface area contributed by atoms with E-state index >= 15 is 0 Å². The largest absolute Gasteiger partial charge is 0.378 e. The molecule has 0 saturated carbocycles. The van der Waals surface area contributed by atoms with Crippen LogP contribution in [0.4, 0.5) is 0 Å². The summed E-state index contributed by atoms with van der Waals surface area (Å²) in [5.74, 6) is 0.943. The summed E-state index contributed by atoms with van der Waals surface area (Å²) in [7, 11) is 0. The van der Waals surface area contributed by atoms with Crippen LogP contribution in [-0.2, 0) is 9.53 Å². The number of hydrogen-bond donors (Lipinski definition) is 0. The Morgan fingerprint density at radius 1 is 1.21 bits per heavy atom. The van der Waals surface area contributed by atoms with Crippen molar-refractivity contribution in [3.63, 3.8) is 0 Å². The molecule has 7 heteroatoms. The number of nitrogens with zero attached hydrogens (tertiary/aromatic N) is 4. The third kappa shape index (κ3) is 3.47. The van der Waals surface area contributed by atoms with Crippen LogP contribution in [0, 0.1) is 13.8 Å². The van der Waals surface area contributed by atoms with Gasteiger partial charge in [0.2, 0.25) is 5.91 Å². The molecule has 24 heavy (non-hydrogen) atoms. The van der Waals surface area contributed by atoms with Crippen LogP contribution in [0.1, 0.15) is 18.3 Å². The fourth-order valence-electron chi connectivity index (χ4n) is 2.76. The fraction of sp³-hybridized carbons (Fsp3) is 0.471. The zero-order valence-corrected chi connectivity index (χ0v) is 15.0. The molecule has 1 amide bonds. The van der Waals surface area contributed by atoms with Gasteiger partial charge in [-0.05, 0) is 32.4 Å². The molecule has 1 aliphatic rings. The second-order valence-electron chi connectivity index (χ2n) is 5.85. The van der Waals surface area contributed by atoms with Crippen LogP contribution in [0.2, 0.25) is 0 Å². The number of thioether (sulfide) groups is 1. The predicted octanol–water partition coefficient (Wildman–Crippen LogP) is 2.22. The van der Waals surface area contributed by atoms with Gasteiger partial charge in [-0.15, -0.1) is 10.2 Å². The van der Waals surface area contributed by atoms with Crippen LogP contribution in [0.15, 0.2) is 29.4 Å². The molecule has 1 atom stereocenters. The highest BCUT2D eigenvalue weighted by Gasteiger charge is 2.25. The summed E-state index contributed by atoms with van der Waals surface area (Å²) in [5, 5.41) is 9.02. The molecular weight excluding hydrogens is 324 g/mol. The van der Waals surface area contributed by atoms with E-state index in [1.54, 1.807) is 0 Å². The molecule has 2 heterocycles. The van der Waals surface area contributed by atoms with E-state index in [0.717, 1.165) is 22.2 Å². The van der Waals surface area contributed by atoms with Crippen LogP contribution in [0.5, 0.6) is 0 Å². The van der Waals surface area contributed by atoms with Gasteiger partial charge in [0.05, 0.1) is 24.2 Å². The van der Waals surface area contributed by atoms with Crippen LogP contribution in [0.25, 0.3) is 5.69 Å². The highest BCUT2D eigenvalue weighted by Crippen LogP contribution is 2.27. The summed E-state index contributed by atoms with van der Waals surface area (Å²) in [6.45, 7) is 8.46. The molecule has 1 unspecified atom stereocenters. The number of carbonyl (C=O) groups excluding carboxylic acids is 1. The highest BCUT2D eigenvalue weighted by atomic mass is 32.2. The lowest BCUT2D eigenvalue weighted by Crippen LogP contribution is -2.44. The molecular formula is C17H22N4O2S. The first-order chi connectivity index (χ1) is 11.6. The minimum Gasteiger partial charge on any atom is -0.378 e. The van der Waals surface area contributed by atoms with E-state index in [1.807, 2.05) is 41.5 Å². The number of morpholine rings is 1. The van der Waals surface area contributed by atoms with Gasteiger partial charge < -0.3 is 9.64 Å². The second-order valence-corrected chi connectivity index (χ2v) is 7.16. The summed E-state index contributed by atoms with van der Waals surface area (Å²) < 4.78 is 7.33. The average Bonchev–Trinajstić information content (AvgIpc) is 2.96. The van der Waals surface area contributed by atoms with Gasteiger partial charge in [-0.25, -0.2) is 0 Å². The maximum absolute atomic E-state index is 12.6. The zero-order valence-electron chi connectivity index (χ0n) is 14.2. The molecule has 0 N–H and O–H groups in total. The van der Waals surface area contributed by atoms with Crippen molar-refractivity contribution < 1.29 is 9.53 Å². The summed E-state index contributed by atoms with van der Waals surface area (Å²) in [6.07, 6.45) is 0. The van der Waals surface area contributed by atoms with Gasteiger partial charge in [-0.3, -0.25) is 9.36 Å². The molecule has 2 aromatic rings. The van der Waals surface area contributed by atoms with E-state index in [2.05, 4.69) is 23.2 Å². The first kappa shape index (κ1) is 17.0. The third-order valence-electron chi connectivity index (χ3n) is 4.10. The Kier molecular flexibility index (Phi) is 5.20. The van der Waals surface area contributed by atoms with Gasteiger partial charge in [0, 0.05) is 13.1 Å². The molecule has 0 aliphatic carbocycles. The fourth-order valence-corrected chi connectivity index (χ4v) is 3.75. The Bertz CT molecular complexity index is 725. The van der Waals surface area contributed by atoms with Crippen LogP contribution in [-0.4, -0.2) is 57.1 Å². The van der Waals surface area contributed by atoms with Crippen molar-refractivity contribution in [2.24, 2.45) is 0 Å². The third-order valence-corrected chi connectivity index (χ3v) is 5.13. The molecule has 0 spiro atoms. The van der Waals surface area contributed by atoms with Gasteiger partial charge >= 0.3 is 0 Å². The van der Waals surface area contributed by atoms with Crippen molar-refractivity contribution in [3.8, 4) is 5.69 Å². The molecule has 0 bridgehead atoms. The number of aryl methyl sites for hydroxylation is 2. The van der Waals surface area contributed by atoms with Crippen molar-refractivity contribution in [2.45, 2.75) is 31.2 Å². The lowest BCUT2D eigenvalue weighted by atomic mass is 10.2. The summed E-state index contributed by atoms with van der Waals surface area (Å²) >= 11 is 1.45. The normalized spacial score (nSPS) is 16.2. The van der Waals surface area contributed by atoms with E-state index in [0.29, 0.717) is 26.3 Å². The summed E-state index contributed by atoms with van der Waals surface area (Å²) in [4.78, 5) is 14.5. The molecule has 1 saturated heterocycles. The van der Waals surface area contributed by atoms with Crippen molar-refractivity contribution in [3.05, 3.63) is 35.7 Å². The molecule has 6 nitrogen and oxygen atoms in total. The van der Waals surface area contributed by atoms with Crippen LogP contribution in [0.3, 0.4) is 0 Å². The molecule has 128 valence electrons. The van der Waals surface area contributed by atoms with Gasteiger partial charge in [-0.2, -0.15) is 0 Å². The van der Waals surface area contributed by atoms with Gasteiger partial charge in [-0.1, -0.05) is 30.0 Å². The molecule has 1 fully saturated rings. The van der Waals surface area contributed by atoms with E-state index in [1.165, 1.54) is 11.8 Å². The number of rotatable bonds is 4. The number of carbonyl (C=O) groups is 1. The lowest BCUT2D eigenvalue weighted by molar-refractivity contribution is -0.134. The van der Waals surface area contributed by atoms with E-state index < -0.39 is 0 Å². The number of ether oxygens (including phenoxy) is 1. The smallest absolute Gasteiger partial charge is 0.236 e. The summed E-state index contributed by atoms with van der Waals surface area (Å²) in [6, 6.07) is 8.12. The van der Waals surface area contributed by atoms with E-state index in [-0.39, 0.29) is 11.2 Å². The standard InChI is InChI=1S/C17H22N4O2S/c1-12-6-4-5-7-15(12)21-14(3)18-19-17(21)24-13(2)16(22)20-8-10-23-11-9-20/h4-7,13H,8-11H2,1-3H3. The van der Waals surface area contributed by atoms with Crippen molar-refractivity contribution in [2.75, 3.05) is 26.3 Å². The maximum Gasteiger partial charge on any atom is 0.236 e. The van der Waals surface area contributed by atoms with Gasteiger partial charge in [0.1, 0.15) is 5.82 Å². The average molecular weight is 346 g/mol. The predicted molar refractivity (Wildman–Crippen MR) is 93.6 cm³/mol.